The number of nitrogens with zero attached hydrogens (tertiary/aromatic N) is 1. The van der Waals surface area contributed by atoms with Gasteiger partial charge in [0.05, 0.1) is 11.5 Å². The first-order valence-electron chi connectivity index (χ1n) is 8.57. The van der Waals surface area contributed by atoms with Crippen LogP contribution in [0.15, 0.2) is 29.7 Å². The van der Waals surface area contributed by atoms with E-state index in [9.17, 15) is 18.0 Å². The van der Waals surface area contributed by atoms with Crippen molar-refractivity contribution in [2.24, 2.45) is 0 Å². The lowest BCUT2D eigenvalue weighted by atomic mass is 10.1. The minimum absolute atomic E-state index is 0.0967. The molecule has 2 aromatic heterocycles. The van der Waals surface area contributed by atoms with Crippen LogP contribution in [0.25, 0.3) is 6.08 Å². The Labute approximate surface area is 162 Å². The third-order valence-corrected chi connectivity index (χ3v) is 7.22. The van der Waals surface area contributed by atoms with Crippen molar-refractivity contribution in [1.29, 1.82) is 0 Å². The summed E-state index contributed by atoms with van der Waals surface area (Å²) in [5.41, 5.74) is 2.01. The zero-order valence-corrected chi connectivity index (χ0v) is 16.8. The number of aromatic nitrogens is 1. The molecule has 0 saturated carbocycles. The first-order valence-corrected chi connectivity index (χ1v) is 11.3. The van der Waals surface area contributed by atoms with Crippen molar-refractivity contribution in [1.82, 2.24) is 4.57 Å². The van der Waals surface area contributed by atoms with Crippen molar-refractivity contribution >= 4 is 39.0 Å². The molecule has 0 radical (unpaired) electrons. The lowest BCUT2D eigenvalue weighted by molar-refractivity contribution is -0.136. The van der Waals surface area contributed by atoms with Crippen molar-refractivity contribution in [3.63, 3.8) is 0 Å². The van der Waals surface area contributed by atoms with E-state index in [1.54, 1.807) is 19.1 Å². The Bertz CT molecular complexity index is 984. The predicted octanol–water partition coefficient (Wildman–Crippen LogP) is 2.97. The fourth-order valence-corrected chi connectivity index (χ4v) is 5.72. The van der Waals surface area contributed by atoms with Gasteiger partial charge in [-0.2, -0.15) is 0 Å². The zero-order chi connectivity index (χ0) is 19.6. The third-order valence-electron chi connectivity index (χ3n) is 4.63. The molecule has 8 heteroatoms. The maximum atomic E-state index is 12.5. The Hall–Kier alpha value is -2.19. The molecule has 1 fully saturated rings. The summed E-state index contributed by atoms with van der Waals surface area (Å²) in [7, 11) is -3.02. The Morgan fingerprint density at radius 2 is 2.15 bits per heavy atom. The summed E-state index contributed by atoms with van der Waals surface area (Å²) in [6, 6.07) is 5.34. The van der Waals surface area contributed by atoms with E-state index < -0.39 is 15.8 Å². The van der Waals surface area contributed by atoms with Crippen molar-refractivity contribution in [2.45, 2.75) is 26.3 Å². The number of ether oxygens (including phenoxy) is 1. The number of hydrogen-bond acceptors (Lipinski definition) is 6. The highest BCUT2D eigenvalue weighted by Gasteiger charge is 2.31. The van der Waals surface area contributed by atoms with E-state index in [1.807, 2.05) is 29.0 Å². The highest BCUT2D eigenvalue weighted by molar-refractivity contribution is 7.91. The standard InChI is InChI=1S/C19H21NO5S2/c1-13-10-17(14(2)20(13)15-7-9-27(23,24)12-15)18(21)11-25-19(22)6-5-16-4-3-8-26-16/h3-6,8,10,15H,7,9,11-12H2,1-2H3/b6-5+/t15-/m1/s1. The lowest BCUT2D eigenvalue weighted by Crippen LogP contribution is -2.16. The van der Waals surface area contributed by atoms with Crippen LogP contribution in [0.3, 0.4) is 0 Å². The van der Waals surface area contributed by atoms with Crippen LogP contribution in [-0.4, -0.2) is 42.9 Å². The van der Waals surface area contributed by atoms with E-state index >= 15 is 0 Å². The summed E-state index contributed by atoms with van der Waals surface area (Å²) in [5.74, 6) is -0.605. The number of ketones is 1. The van der Waals surface area contributed by atoms with Crippen molar-refractivity contribution in [3.8, 4) is 0 Å². The van der Waals surface area contributed by atoms with Gasteiger partial charge in [0.1, 0.15) is 0 Å². The predicted molar refractivity (Wildman–Crippen MR) is 105 cm³/mol. The minimum Gasteiger partial charge on any atom is -0.454 e. The quantitative estimate of drug-likeness (QED) is 0.418. The minimum atomic E-state index is -3.02. The molecule has 0 N–H and O–H groups in total. The van der Waals surface area contributed by atoms with E-state index in [0.29, 0.717) is 17.7 Å². The summed E-state index contributed by atoms with van der Waals surface area (Å²) < 4.78 is 30.5. The molecule has 144 valence electrons. The molecule has 0 aromatic carbocycles. The van der Waals surface area contributed by atoms with Crippen LogP contribution in [0.1, 0.15) is 39.1 Å². The largest absolute Gasteiger partial charge is 0.454 e. The average molecular weight is 408 g/mol. The van der Waals surface area contributed by atoms with Gasteiger partial charge in [0.15, 0.2) is 16.4 Å². The fraction of sp³-hybridized carbons (Fsp3) is 0.368. The van der Waals surface area contributed by atoms with Gasteiger partial charge in [-0.25, -0.2) is 13.2 Å². The molecular weight excluding hydrogens is 386 g/mol. The van der Waals surface area contributed by atoms with E-state index in [0.717, 1.165) is 10.6 Å². The molecule has 1 saturated heterocycles. The lowest BCUT2D eigenvalue weighted by Gasteiger charge is -2.16. The number of carbonyl (C=O) groups is 2. The van der Waals surface area contributed by atoms with Gasteiger partial charge in [-0.15, -0.1) is 11.3 Å². The number of rotatable bonds is 6. The highest BCUT2D eigenvalue weighted by atomic mass is 32.2. The Morgan fingerprint density at radius 3 is 2.78 bits per heavy atom. The molecule has 0 unspecified atom stereocenters. The van der Waals surface area contributed by atoms with Crippen LogP contribution < -0.4 is 0 Å². The maximum absolute atomic E-state index is 12.5. The molecule has 2 aromatic rings. The monoisotopic (exact) mass is 407 g/mol. The van der Waals surface area contributed by atoms with E-state index in [4.69, 9.17) is 4.74 Å². The van der Waals surface area contributed by atoms with Gasteiger partial charge >= 0.3 is 5.97 Å². The number of Topliss-reactive ketones (excluding diaryl/α,β-unsaturated/α-hetero) is 1. The number of carbonyl (C=O) groups excluding carboxylic acids is 2. The van der Waals surface area contributed by atoms with Crippen LogP contribution in [0.5, 0.6) is 0 Å². The number of thiophene rings is 1. The molecule has 3 rings (SSSR count). The molecule has 6 nitrogen and oxygen atoms in total. The van der Waals surface area contributed by atoms with Gasteiger partial charge in [-0.3, -0.25) is 4.79 Å². The average Bonchev–Trinajstić information content (AvgIpc) is 3.31. The second-order valence-electron chi connectivity index (χ2n) is 6.59. The second kappa shape index (κ2) is 7.82. The molecule has 0 aliphatic carbocycles. The maximum Gasteiger partial charge on any atom is 0.331 e. The van der Waals surface area contributed by atoms with Crippen molar-refractivity contribution in [2.75, 3.05) is 18.1 Å². The summed E-state index contributed by atoms with van der Waals surface area (Å²) >= 11 is 1.50. The number of sulfone groups is 1. The molecule has 1 atom stereocenters. The zero-order valence-electron chi connectivity index (χ0n) is 15.2. The smallest absolute Gasteiger partial charge is 0.331 e. The third kappa shape index (κ3) is 4.56. The molecule has 0 bridgehead atoms. The van der Waals surface area contributed by atoms with Gasteiger partial charge in [0.25, 0.3) is 0 Å². The molecule has 1 aliphatic rings. The molecule has 1 aliphatic heterocycles. The summed E-state index contributed by atoms with van der Waals surface area (Å²) in [6.45, 7) is 3.30. The summed E-state index contributed by atoms with van der Waals surface area (Å²) in [4.78, 5) is 25.2. The van der Waals surface area contributed by atoms with Crippen LogP contribution in [0.2, 0.25) is 0 Å². The van der Waals surface area contributed by atoms with E-state index in [-0.39, 0.29) is 29.9 Å². The van der Waals surface area contributed by atoms with Gasteiger partial charge in [0.2, 0.25) is 5.78 Å². The first-order chi connectivity index (χ1) is 12.8. The Balaban J connectivity index is 1.65. The van der Waals surface area contributed by atoms with Crippen molar-refractivity contribution in [3.05, 3.63) is 51.5 Å². The SMILES string of the molecule is Cc1cc(C(=O)COC(=O)/C=C/c2cccs2)c(C)n1[C@@H]1CCS(=O)(=O)C1. The van der Waals surface area contributed by atoms with Crippen LogP contribution in [0.4, 0.5) is 0 Å². The number of hydrogen-bond donors (Lipinski definition) is 0. The van der Waals surface area contributed by atoms with Crippen LogP contribution >= 0.6 is 11.3 Å². The topological polar surface area (TPSA) is 82.4 Å². The number of aryl methyl sites for hydroxylation is 1. The van der Waals surface area contributed by atoms with Crippen molar-refractivity contribution < 1.29 is 22.7 Å². The molecule has 3 heterocycles. The first kappa shape index (κ1) is 19.6. The molecule has 27 heavy (non-hydrogen) atoms. The van der Waals surface area contributed by atoms with Crippen LogP contribution in [-0.2, 0) is 19.4 Å². The van der Waals surface area contributed by atoms with Crippen LogP contribution in [0, 0.1) is 13.8 Å². The Morgan fingerprint density at radius 1 is 1.37 bits per heavy atom. The molecule has 0 amide bonds. The Kier molecular flexibility index (Phi) is 5.67. The van der Waals surface area contributed by atoms with E-state index in [1.165, 1.54) is 17.4 Å². The van der Waals surface area contributed by atoms with E-state index in [2.05, 4.69) is 0 Å². The van der Waals surface area contributed by atoms with Gasteiger partial charge in [-0.05, 0) is 43.9 Å². The fourth-order valence-electron chi connectivity index (χ4n) is 3.40. The summed E-state index contributed by atoms with van der Waals surface area (Å²) in [6.07, 6.45) is 3.49. The second-order valence-corrected chi connectivity index (χ2v) is 9.80. The van der Waals surface area contributed by atoms with Gasteiger partial charge in [0, 0.05) is 33.9 Å². The molecule has 0 spiro atoms. The van der Waals surface area contributed by atoms with Gasteiger partial charge in [-0.1, -0.05) is 6.07 Å². The highest BCUT2D eigenvalue weighted by Crippen LogP contribution is 2.29. The molecular formula is C19H21NO5S2. The van der Waals surface area contributed by atoms with Gasteiger partial charge < -0.3 is 9.30 Å². The summed E-state index contributed by atoms with van der Waals surface area (Å²) in [5, 5.41) is 1.90. The normalized spacial score (nSPS) is 18.8. The number of esters is 1.